The van der Waals surface area contributed by atoms with Gasteiger partial charge in [-0.1, -0.05) is 31.5 Å². The molecule has 1 aromatic heterocycles. The lowest BCUT2D eigenvalue weighted by molar-refractivity contribution is 0.426. The number of nitrogens with zero attached hydrogens (tertiary/aromatic N) is 2. The highest BCUT2D eigenvalue weighted by Crippen LogP contribution is 2.23. The molecule has 0 atom stereocenters. The van der Waals surface area contributed by atoms with Crippen LogP contribution < -0.4 is 5.32 Å². The largest absolute Gasteiger partial charge is 0.378 e. The molecule has 0 radical (unpaired) electrons. The molecule has 0 bridgehead atoms. The molecule has 0 aliphatic heterocycles. The van der Waals surface area contributed by atoms with Crippen molar-refractivity contribution in [3.8, 4) is 0 Å². The first-order chi connectivity index (χ1) is 9.63. The van der Waals surface area contributed by atoms with Crippen molar-refractivity contribution in [1.29, 1.82) is 0 Å². The number of aromatic nitrogens is 2. The van der Waals surface area contributed by atoms with Crippen LogP contribution in [0, 0.1) is 6.92 Å². The van der Waals surface area contributed by atoms with E-state index in [1.807, 2.05) is 19.1 Å². The van der Waals surface area contributed by atoms with Crippen LogP contribution in [0.25, 0.3) is 0 Å². The Labute approximate surface area is 126 Å². The van der Waals surface area contributed by atoms with Gasteiger partial charge in [-0.25, -0.2) is 0 Å². The molecule has 1 heterocycles. The SMILES string of the molecule is CCC(CC)n1ccc(CNc2ccc(C)cc2Cl)n1. The third-order valence-corrected chi connectivity index (χ3v) is 3.88. The molecule has 0 saturated heterocycles. The van der Waals surface area contributed by atoms with E-state index in [0.717, 1.165) is 29.2 Å². The fourth-order valence-corrected chi connectivity index (χ4v) is 2.59. The van der Waals surface area contributed by atoms with Crippen LogP contribution >= 0.6 is 11.6 Å². The zero-order valence-corrected chi connectivity index (χ0v) is 13.1. The summed E-state index contributed by atoms with van der Waals surface area (Å²) in [6, 6.07) is 8.58. The van der Waals surface area contributed by atoms with Gasteiger partial charge in [0, 0.05) is 6.20 Å². The van der Waals surface area contributed by atoms with Crippen molar-refractivity contribution in [3.63, 3.8) is 0 Å². The molecule has 20 heavy (non-hydrogen) atoms. The fourth-order valence-electron chi connectivity index (χ4n) is 2.29. The molecule has 2 rings (SSSR count). The lowest BCUT2D eigenvalue weighted by Crippen LogP contribution is -2.09. The molecule has 2 aromatic rings. The van der Waals surface area contributed by atoms with E-state index < -0.39 is 0 Å². The van der Waals surface area contributed by atoms with Gasteiger partial charge in [0.2, 0.25) is 0 Å². The number of hydrogen-bond acceptors (Lipinski definition) is 2. The Bertz CT molecular complexity index is 559. The van der Waals surface area contributed by atoms with Gasteiger partial charge in [-0.05, 0) is 43.5 Å². The molecule has 0 aliphatic carbocycles. The predicted molar refractivity (Wildman–Crippen MR) is 85.4 cm³/mol. The average molecular weight is 292 g/mol. The standard InChI is InChI=1S/C16H22ClN3/c1-4-14(5-2)20-9-8-13(19-20)11-18-16-7-6-12(3)10-15(16)17/h6-10,14,18H,4-5,11H2,1-3H3. The van der Waals surface area contributed by atoms with Crippen molar-refractivity contribution in [2.75, 3.05) is 5.32 Å². The summed E-state index contributed by atoms with van der Waals surface area (Å²) in [5.74, 6) is 0. The van der Waals surface area contributed by atoms with Crippen molar-refractivity contribution >= 4 is 17.3 Å². The molecule has 0 aliphatic rings. The van der Waals surface area contributed by atoms with E-state index in [9.17, 15) is 0 Å². The van der Waals surface area contributed by atoms with Crippen LogP contribution in [-0.4, -0.2) is 9.78 Å². The van der Waals surface area contributed by atoms with E-state index in [-0.39, 0.29) is 0 Å². The molecule has 1 N–H and O–H groups in total. The zero-order chi connectivity index (χ0) is 14.5. The molecule has 0 unspecified atom stereocenters. The summed E-state index contributed by atoms with van der Waals surface area (Å²) < 4.78 is 2.06. The fraction of sp³-hybridized carbons (Fsp3) is 0.438. The molecule has 0 spiro atoms. The Morgan fingerprint density at radius 2 is 2.00 bits per heavy atom. The Morgan fingerprint density at radius 1 is 1.25 bits per heavy atom. The van der Waals surface area contributed by atoms with E-state index in [0.29, 0.717) is 12.6 Å². The summed E-state index contributed by atoms with van der Waals surface area (Å²) in [6.45, 7) is 7.11. The summed E-state index contributed by atoms with van der Waals surface area (Å²) in [7, 11) is 0. The maximum absolute atomic E-state index is 6.21. The van der Waals surface area contributed by atoms with Crippen LogP contribution in [0.1, 0.15) is 44.0 Å². The molecule has 0 fully saturated rings. The molecule has 3 nitrogen and oxygen atoms in total. The minimum absolute atomic E-state index is 0.492. The van der Waals surface area contributed by atoms with Gasteiger partial charge in [-0.2, -0.15) is 5.10 Å². The maximum Gasteiger partial charge on any atom is 0.0815 e. The number of anilines is 1. The molecule has 1 aromatic carbocycles. The van der Waals surface area contributed by atoms with Crippen LogP contribution in [0.4, 0.5) is 5.69 Å². The lowest BCUT2D eigenvalue weighted by atomic mass is 10.2. The predicted octanol–water partition coefficient (Wildman–Crippen LogP) is 4.82. The molecule has 4 heteroatoms. The molecular weight excluding hydrogens is 270 g/mol. The summed E-state index contributed by atoms with van der Waals surface area (Å²) in [5.41, 5.74) is 3.15. The highest BCUT2D eigenvalue weighted by molar-refractivity contribution is 6.33. The van der Waals surface area contributed by atoms with Crippen LogP contribution in [0.2, 0.25) is 5.02 Å². The minimum Gasteiger partial charge on any atom is -0.378 e. The Kier molecular flexibility index (Phi) is 5.07. The first kappa shape index (κ1) is 14.9. The number of aryl methyl sites for hydroxylation is 1. The van der Waals surface area contributed by atoms with E-state index in [1.165, 1.54) is 5.56 Å². The van der Waals surface area contributed by atoms with Gasteiger partial charge in [-0.3, -0.25) is 4.68 Å². The second-order valence-corrected chi connectivity index (χ2v) is 5.50. The molecular formula is C16H22ClN3. The van der Waals surface area contributed by atoms with E-state index in [4.69, 9.17) is 11.6 Å². The highest BCUT2D eigenvalue weighted by Gasteiger charge is 2.08. The van der Waals surface area contributed by atoms with Crippen LogP contribution in [0.15, 0.2) is 30.5 Å². The first-order valence-corrected chi connectivity index (χ1v) is 7.55. The van der Waals surface area contributed by atoms with Crippen LogP contribution in [0.3, 0.4) is 0 Å². The second-order valence-electron chi connectivity index (χ2n) is 5.09. The van der Waals surface area contributed by atoms with E-state index in [2.05, 4.69) is 47.3 Å². The summed E-state index contributed by atoms with van der Waals surface area (Å²) >= 11 is 6.21. The maximum atomic E-state index is 6.21. The smallest absolute Gasteiger partial charge is 0.0815 e. The topological polar surface area (TPSA) is 29.9 Å². The second kappa shape index (κ2) is 6.80. The van der Waals surface area contributed by atoms with Gasteiger partial charge >= 0.3 is 0 Å². The van der Waals surface area contributed by atoms with Crippen molar-refractivity contribution in [3.05, 3.63) is 46.7 Å². The zero-order valence-electron chi connectivity index (χ0n) is 12.4. The van der Waals surface area contributed by atoms with Gasteiger partial charge in [-0.15, -0.1) is 0 Å². The minimum atomic E-state index is 0.492. The number of halogens is 1. The van der Waals surface area contributed by atoms with E-state index >= 15 is 0 Å². The Hall–Kier alpha value is -1.48. The van der Waals surface area contributed by atoms with Crippen molar-refractivity contribution < 1.29 is 0 Å². The summed E-state index contributed by atoms with van der Waals surface area (Å²) in [4.78, 5) is 0. The van der Waals surface area contributed by atoms with Crippen molar-refractivity contribution in [2.24, 2.45) is 0 Å². The molecule has 108 valence electrons. The van der Waals surface area contributed by atoms with Crippen molar-refractivity contribution in [1.82, 2.24) is 9.78 Å². The van der Waals surface area contributed by atoms with Gasteiger partial charge in [0.15, 0.2) is 0 Å². The normalized spacial score (nSPS) is 11.1. The van der Waals surface area contributed by atoms with Gasteiger partial charge < -0.3 is 5.32 Å². The highest BCUT2D eigenvalue weighted by atomic mass is 35.5. The molecule has 0 saturated carbocycles. The van der Waals surface area contributed by atoms with E-state index in [1.54, 1.807) is 0 Å². The molecule has 0 amide bonds. The van der Waals surface area contributed by atoms with Crippen LogP contribution in [-0.2, 0) is 6.54 Å². The number of rotatable bonds is 6. The summed E-state index contributed by atoms with van der Waals surface area (Å²) in [6.07, 6.45) is 4.27. The third kappa shape index (κ3) is 3.54. The summed E-state index contributed by atoms with van der Waals surface area (Å²) in [5, 5.41) is 8.72. The van der Waals surface area contributed by atoms with Gasteiger partial charge in [0.1, 0.15) is 0 Å². The first-order valence-electron chi connectivity index (χ1n) is 7.18. The van der Waals surface area contributed by atoms with Gasteiger partial charge in [0.25, 0.3) is 0 Å². The number of benzene rings is 1. The van der Waals surface area contributed by atoms with Gasteiger partial charge in [0.05, 0.1) is 29.0 Å². The third-order valence-electron chi connectivity index (χ3n) is 3.56. The Morgan fingerprint density at radius 3 is 2.65 bits per heavy atom. The average Bonchev–Trinajstić information content (AvgIpc) is 2.88. The number of hydrogen-bond donors (Lipinski definition) is 1. The lowest BCUT2D eigenvalue weighted by Gasteiger charge is -2.12. The van der Waals surface area contributed by atoms with Crippen molar-refractivity contribution in [2.45, 2.75) is 46.2 Å². The van der Waals surface area contributed by atoms with Crippen LogP contribution in [0.5, 0.6) is 0 Å². The monoisotopic (exact) mass is 291 g/mol. The quantitative estimate of drug-likeness (QED) is 0.827. The number of nitrogens with one attached hydrogen (secondary N) is 1. The Balaban J connectivity index is 2.00.